The van der Waals surface area contributed by atoms with E-state index in [2.05, 4.69) is 31.5 Å². The van der Waals surface area contributed by atoms with E-state index in [1.807, 2.05) is 48.5 Å². The van der Waals surface area contributed by atoms with Crippen molar-refractivity contribution >= 4 is 38.6 Å². The summed E-state index contributed by atoms with van der Waals surface area (Å²) in [6.07, 6.45) is 0.212. The molecule has 0 aliphatic rings. The van der Waals surface area contributed by atoms with Gasteiger partial charge >= 0.3 is 0 Å². The van der Waals surface area contributed by atoms with Crippen LogP contribution in [0.2, 0.25) is 0 Å². The molecule has 1 heterocycles. The van der Waals surface area contributed by atoms with Gasteiger partial charge in [0.15, 0.2) is 5.82 Å². The Balaban J connectivity index is 1.43. The molecule has 2 N–H and O–H groups in total. The summed E-state index contributed by atoms with van der Waals surface area (Å²) in [5.74, 6) is 0.916. The molecule has 0 saturated heterocycles. The van der Waals surface area contributed by atoms with Gasteiger partial charge in [0.25, 0.3) is 0 Å². The van der Waals surface area contributed by atoms with Crippen molar-refractivity contribution in [3.05, 3.63) is 88.6 Å². The number of carbonyl (C=O) groups excluding carboxylic acids is 1. The van der Waals surface area contributed by atoms with Crippen molar-refractivity contribution < 1.29 is 9.18 Å². The molecule has 7 heteroatoms. The van der Waals surface area contributed by atoms with E-state index in [0.29, 0.717) is 24.7 Å². The SMILES string of the molecule is O=C(Cc1ccc(F)cc1)NCCNc1nc(-c2cccc(Br)c2)nc2ccccc12. The quantitative estimate of drug-likeness (QED) is 0.368. The highest BCUT2D eigenvalue weighted by atomic mass is 79.9. The summed E-state index contributed by atoms with van der Waals surface area (Å²) in [6.45, 7) is 0.943. The topological polar surface area (TPSA) is 66.9 Å². The molecule has 0 fully saturated rings. The van der Waals surface area contributed by atoms with E-state index in [4.69, 9.17) is 4.98 Å². The lowest BCUT2D eigenvalue weighted by Gasteiger charge is -2.12. The lowest BCUT2D eigenvalue weighted by molar-refractivity contribution is -0.120. The molecule has 0 saturated carbocycles. The summed E-state index contributed by atoms with van der Waals surface area (Å²) in [5, 5.41) is 7.10. The molecule has 5 nitrogen and oxygen atoms in total. The van der Waals surface area contributed by atoms with Gasteiger partial charge in [-0.1, -0.05) is 52.3 Å². The van der Waals surface area contributed by atoms with Gasteiger partial charge in [0.2, 0.25) is 5.91 Å². The fourth-order valence-electron chi connectivity index (χ4n) is 3.20. The van der Waals surface area contributed by atoms with E-state index in [9.17, 15) is 9.18 Å². The molecule has 0 aliphatic heterocycles. The highest BCUT2D eigenvalue weighted by Gasteiger charge is 2.10. The number of fused-ring (bicyclic) bond motifs is 1. The Kier molecular flexibility index (Phi) is 6.52. The number of rotatable bonds is 7. The average Bonchev–Trinajstić information content (AvgIpc) is 2.78. The van der Waals surface area contributed by atoms with Crippen LogP contribution in [0.4, 0.5) is 10.2 Å². The maximum atomic E-state index is 13.0. The van der Waals surface area contributed by atoms with Crippen LogP contribution in [0.25, 0.3) is 22.3 Å². The molecule has 0 unspecified atom stereocenters. The molecule has 1 amide bonds. The smallest absolute Gasteiger partial charge is 0.224 e. The number of aromatic nitrogens is 2. The number of hydrogen-bond acceptors (Lipinski definition) is 4. The summed E-state index contributed by atoms with van der Waals surface area (Å²) in [6, 6.07) is 21.6. The van der Waals surface area contributed by atoms with Gasteiger partial charge in [-0.15, -0.1) is 0 Å². The lowest BCUT2D eigenvalue weighted by Crippen LogP contribution is -2.30. The molecule has 0 aliphatic carbocycles. The molecule has 4 rings (SSSR count). The average molecular weight is 479 g/mol. The van der Waals surface area contributed by atoms with Gasteiger partial charge in [-0.3, -0.25) is 4.79 Å². The second-order valence-electron chi connectivity index (χ2n) is 7.00. The van der Waals surface area contributed by atoms with Gasteiger partial charge < -0.3 is 10.6 Å². The molecule has 31 heavy (non-hydrogen) atoms. The second kappa shape index (κ2) is 9.66. The van der Waals surface area contributed by atoms with Crippen LogP contribution in [-0.2, 0) is 11.2 Å². The van der Waals surface area contributed by atoms with Gasteiger partial charge in [-0.25, -0.2) is 14.4 Å². The van der Waals surface area contributed by atoms with Gasteiger partial charge in [0.05, 0.1) is 11.9 Å². The minimum atomic E-state index is -0.312. The first kappa shape index (κ1) is 20.9. The van der Waals surface area contributed by atoms with E-state index in [1.54, 1.807) is 12.1 Å². The zero-order valence-corrected chi connectivity index (χ0v) is 18.2. The predicted molar refractivity (Wildman–Crippen MR) is 124 cm³/mol. The van der Waals surface area contributed by atoms with Crippen LogP contribution in [-0.4, -0.2) is 29.0 Å². The third kappa shape index (κ3) is 5.44. The zero-order valence-electron chi connectivity index (χ0n) is 16.6. The van der Waals surface area contributed by atoms with E-state index in [0.717, 1.165) is 26.5 Å². The van der Waals surface area contributed by atoms with Crippen LogP contribution in [0.15, 0.2) is 77.3 Å². The molecule has 0 bridgehead atoms. The third-order valence-electron chi connectivity index (χ3n) is 4.70. The van der Waals surface area contributed by atoms with Crippen molar-refractivity contribution in [1.82, 2.24) is 15.3 Å². The number of carbonyl (C=O) groups is 1. The molecule has 3 aromatic carbocycles. The molecule has 0 atom stereocenters. The monoisotopic (exact) mass is 478 g/mol. The van der Waals surface area contributed by atoms with Gasteiger partial charge in [0.1, 0.15) is 11.6 Å². The summed E-state index contributed by atoms with van der Waals surface area (Å²) < 4.78 is 13.9. The normalized spacial score (nSPS) is 10.8. The first-order valence-corrected chi connectivity index (χ1v) is 10.7. The Hall–Kier alpha value is -3.32. The predicted octanol–water partition coefficient (Wildman–Crippen LogP) is 4.97. The number of nitrogens with zero attached hydrogens (tertiary/aromatic N) is 2. The Morgan fingerprint density at radius 1 is 0.935 bits per heavy atom. The van der Waals surface area contributed by atoms with E-state index >= 15 is 0 Å². The Bertz CT molecular complexity index is 1210. The number of para-hydroxylation sites is 1. The fourth-order valence-corrected chi connectivity index (χ4v) is 3.60. The van der Waals surface area contributed by atoms with E-state index in [1.165, 1.54) is 12.1 Å². The lowest BCUT2D eigenvalue weighted by atomic mass is 10.1. The molecular weight excluding hydrogens is 459 g/mol. The van der Waals surface area contributed by atoms with Crippen molar-refractivity contribution in [3.63, 3.8) is 0 Å². The number of hydrogen-bond donors (Lipinski definition) is 2. The van der Waals surface area contributed by atoms with Gasteiger partial charge in [0, 0.05) is 28.5 Å². The molecule has 4 aromatic rings. The maximum Gasteiger partial charge on any atom is 0.224 e. The summed E-state index contributed by atoms with van der Waals surface area (Å²) in [7, 11) is 0. The van der Waals surface area contributed by atoms with Crippen LogP contribution >= 0.6 is 15.9 Å². The largest absolute Gasteiger partial charge is 0.368 e. The van der Waals surface area contributed by atoms with Gasteiger partial charge in [-0.2, -0.15) is 0 Å². The van der Waals surface area contributed by atoms with Crippen LogP contribution in [0.3, 0.4) is 0 Å². The second-order valence-corrected chi connectivity index (χ2v) is 7.92. The highest BCUT2D eigenvalue weighted by molar-refractivity contribution is 9.10. The van der Waals surface area contributed by atoms with Crippen LogP contribution in [0.1, 0.15) is 5.56 Å². The number of benzene rings is 3. The molecular formula is C24H20BrFN4O. The van der Waals surface area contributed by atoms with E-state index < -0.39 is 0 Å². The molecule has 0 radical (unpaired) electrons. The minimum Gasteiger partial charge on any atom is -0.368 e. The standard InChI is InChI=1S/C24H20BrFN4O/c25-18-5-3-4-17(15-18)23-29-21-7-2-1-6-20(21)24(30-23)28-13-12-27-22(31)14-16-8-10-19(26)11-9-16/h1-11,15H,12-14H2,(H,27,31)(H,28,29,30). The van der Waals surface area contributed by atoms with Crippen LogP contribution in [0.5, 0.6) is 0 Å². The summed E-state index contributed by atoms with van der Waals surface area (Å²) >= 11 is 3.49. The maximum absolute atomic E-state index is 13.0. The van der Waals surface area contributed by atoms with Crippen molar-refractivity contribution in [2.24, 2.45) is 0 Å². The number of halogens is 2. The molecule has 1 aromatic heterocycles. The molecule has 0 spiro atoms. The minimum absolute atomic E-state index is 0.115. The Morgan fingerprint density at radius 2 is 1.74 bits per heavy atom. The van der Waals surface area contributed by atoms with Crippen LogP contribution in [0, 0.1) is 5.82 Å². The fraction of sp³-hybridized carbons (Fsp3) is 0.125. The molecule has 156 valence electrons. The van der Waals surface area contributed by atoms with Crippen LogP contribution < -0.4 is 10.6 Å². The van der Waals surface area contributed by atoms with Crippen molar-refractivity contribution in [2.75, 3.05) is 18.4 Å². The van der Waals surface area contributed by atoms with Crippen molar-refractivity contribution in [3.8, 4) is 11.4 Å². The highest BCUT2D eigenvalue weighted by Crippen LogP contribution is 2.26. The number of nitrogens with one attached hydrogen (secondary N) is 2. The van der Waals surface area contributed by atoms with E-state index in [-0.39, 0.29) is 18.1 Å². The zero-order chi connectivity index (χ0) is 21.6. The van der Waals surface area contributed by atoms with Gasteiger partial charge in [-0.05, 0) is 42.0 Å². The van der Waals surface area contributed by atoms with Crippen molar-refractivity contribution in [1.29, 1.82) is 0 Å². The number of amides is 1. The summed E-state index contributed by atoms with van der Waals surface area (Å²) in [4.78, 5) is 21.5. The van der Waals surface area contributed by atoms with Crippen molar-refractivity contribution in [2.45, 2.75) is 6.42 Å². The Labute approximate surface area is 187 Å². The number of anilines is 1. The first-order chi connectivity index (χ1) is 15.1. The Morgan fingerprint density at radius 3 is 2.55 bits per heavy atom. The first-order valence-electron chi connectivity index (χ1n) is 9.86. The summed E-state index contributed by atoms with van der Waals surface area (Å²) in [5.41, 5.74) is 2.53. The third-order valence-corrected chi connectivity index (χ3v) is 5.20.